The van der Waals surface area contributed by atoms with E-state index in [2.05, 4.69) is 20.5 Å². The van der Waals surface area contributed by atoms with Crippen LogP contribution < -0.4 is 15.4 Å². The molecule has 2 aliphatic heterocycles. The van der Waals surface area contributed by atoms with Gasteiger partial charge in [-0.05, 0) is 50.6 Å². The minimum Gasteiger partial charge on any atom is -0.490 e. The van der Waals surface area contributed by atoms with Gasteiger partial charge < -0.3 is 34.4 Å². The van der Waals surface area contributed by atoms with Gasteiger partial charge >= 0.3 is 6.18 Å². The van der Waals surface area contributed by atoms with Crippen molar-refractivity contribution in [1.29, 1.82) is 0 Å². The third-order valence-corrected chi connectivity index (χ3v) is 9.91. The summed E-state index contributed by atoms with van der Waals surface area (Å²) in [7, 11) is 0. The van der Waals surface area contributed by atoms with Crippen LogP contribution in [0.1, 0.15) is 49.5 Å². The minimum absolute atomic E-state index is 0.0515. The zero-order chi connectivity index (χ0) is 39.5. The van der Waals surface area contributed by atoms with Gasteiger partial charge in [0, 0.05) is 56.6 Å². The molecule has 0 spiro atoms. The molecule has 0 radical (unpaired) electrons. The number of ether oxygens (including phenoxy) is 1. The number of fused-ring (bicyclic) bond motifs is 1. The van der Waals surface area contributed by atoms with Crippen molar-refractivity contribution in [2.75, 3.05) is 39.3 Å². The second kappa shape index (κ2) is 16.4. The minimum atomic E-state index is -4.66. The van der Waals surface area contributed by atoms with E-state index in [1.165, 1.54) is 18.3 Å². The van der Waals surface area contributed by atoms with Gasteiger partial charge in [0.15, 0.2) is 5.76 Å². The van der Waals surface area contributed by atoms with Crippen molar-refractivity contribution in [3.8, 4) is 17.1 Å². The summed E-state index contributed by atoms with van der Waals surface area (Å²) >= 11 is 0. The molecule has 18 heteroatoms. The number of aliphatic hydroxyl groups excluding tert-OH is 2. The van der Waals surface area contributed by atoms with Crippen molar-refractivity contribution < 1.29 is 50.9 Å². The highest BCUT2D eigenvalue weighted by molar-refractivity contribution is 5.82. The van der Waals surface area contributed by atoms with Crippen molar-refractivity contribution >= 4 is 11.8 Å². The molecule has 5 atom stereocenters. The Hall–Kier alpha value is -4.91. The maximum Gasteiger partial charge on any atom is 0.405 e. The quantitative estimate of drug-likeness (QED) is 0.146. The van der Waals surface area contributed by atoms with E-state index in [1.54, 1.807) is 62.1 Å². The normalized spacial score (nSPS) is 20.6. The molecular weight excluding hydrogens is 730 g/mol. The van der Waals surface area contributed by atoms with Gasteiger partial charge in [0.05, 0.1) is 23.9 Å². The summed E-state index contributed by atoms with van der Waals surface area (Å²) < 4.78 is 70.3. The van der Waals surface area contributed by atoms with Gasteiger partial charge in [-0.3, -0.25) is 19.4 Å². The maximum absolute atomic E-state index is 13.9. The Kier molecular flexibility index (Phi) is 11.9. The third-order valence-electron chi connectivity index (χ3n) is 9.91. The molecular formula is C37H43F4N7O7. The number of alkyl halides is 3. The molecule has 55 heavy (non-hydrogen) atoms. The number of halogens is 4. The predicted molar refractivity (Wildman–Crippen MR) is 187 cm³/mol. The molecule has 6 rings (SSSR count). The molecule has 14 nitrogen and oxygen atoms in total. The standard InChI is InChI=1S/C37H43F4N7O7/c1-21-45-46-31(54-21)15-23(33(51)44-32-26-6-4-5-7-29(26)53-19-28(32)50)14-25(49)17-47-12-13-48(18-27(47)34(52)43-20-37(39,40)41)36(2,3)35-42-16-30(55-35)22-8-10-24(38)11-9-22/h4-11,16,23,25,27-28,32,49-50H,12-15,17-20H2,1-3H3,(H,43,52)(H,44,51)/t23-,25-,27-,28+,32-/m0/s1. The molecule has 4 N–H and O–H groups in total. The number of hydrogen-bond donors (Lipinski definition) is 4. The van der Waals surface area contributed by atoms with Gasteiger partial charge in [-0.25, -0.2) is 9.37 Å². The Morgan fingerprint density at radius 2 is 1.80 bits per heavy atom. The fraction of sp³-hybridized carbons (Fsp3) is 0.486. The molecule has 1 saturated heterocycles. The lowest BCUT2D eigenvalue weighted by Gasteiger charge is -2.46. The van der Waals surface area contributed by atoms with Crippen LogP contribution >= 0.6 is 0 Å². The molecule has 2 aliphatic rings. The highest BCUT2D eigenvalue weighted by Gasteiger charge is 2.43. The number of amides is 2. The van der Waals surface area contributed by atoms with Crippen molar-refractivity contribution in [3.63, 3.8) is 0 Å². The number of piperazine rings is 1. The number of carbonyl (C=O) groups is 2. The molecule has 4 heterocycles. The van der Waals surface area contributed by atoms with Gasteiger partial charge in [-0.2, -0.15) is 13.2 Å². The molecule has 2 aromatic heterocycles. The van der Waals surface area contributed by atoms with Crippen molar-refractivity contribution in [1.82, 2.24) is 35.6 Å². The molecule has 2 amide bonds. The zero-order valence-corrected chi connectivity index (χ0v) is 30.4. The van der Waals surface area contributed by atoms with Gasteiger partial charge in [-0.1, -0.05) is 18.2 Å². The van der Waals surface area contributed by atoms with Crippen LogP contribution in [0.3, 0.4) is 0 Å². The fourth-order valence-corrected chi connectivity index (χ4v) is 6.92. The third kappa shape index (κ3) is 9.67. The topological polar surface area (TPSA) is 179 Å². The summed E-state index contributed by atoms with van der Waals surface area (Å²) in [6, 6.07) is 10.7. The lowest BCUT2D eigenvalue weighted by molar-refractivity contribution is -0.145. The number of aliphatic hydroxyl groups is 2. The molecule has 0 unspecified atom stereocenters. The number of rotatable bonds is 13. The smallest absolute Gasteiger partial charge is 0.405 e. The number of carbonyl (C=O) groups excluding carboxylic acids is 2. The van der Waals surface area contributed by atoms with E-state index in [-0.39, 0.29) is 56.8 Å². The fourth-order valence-electron chi connectivity index (χ4n) is 6.92. The lowest BCUT2D eigenvalue weighted by Crippen LogP contribution is -2.63. The second-order valence-electron chi connectivity index (χ2n) is 14.3. The molecule has 0 aliphatic carbocycles. The summed E-state index contributed by atoms with van der Waals surface area (Å²) in [5, 5.41) is 34.9. The van der Waals surface area contributed by atoms with Crippen LogP contribution in [0, 0.1) is 18.7 Å². The van der Waals surface area contributed by atoms with E-state index in [4.69, 9.17) is 13.6 Å². The summed E-state index contributed by atoms with van der Waals surface area (Å²) in [6.45, 7) is 3.85. The summed E-state index contributed by atoms with van der Waals surface area (Å²) in [6.07, 6.45) is -5.67. The Balaban J connectivity index is 1.18. The van der Waals surface area contributed by atoms with Crippen LogP contribution in [0.4, 0.5) is 17.6 Å². The predicted octanol–water partition coefficient (Wildman–Crippen LogP) is 3.29. The van der Waals surface area contributed by atoms with Crippen LogP contribution in [0.25, 0.3) is 11.3 Å². The first-order chi connectivity index (χ1) is 26.1. The van der Waals surface area contributed by atoms with E-state index in [0.717, 1.165) is 0 Å². The van der Waals surface area contributed by atoms with E-state index in [0.29, 0.717) is 29.2 Å². The molecule has 4 aromatic rings. The van der Waals surface area contributed by atoms with Crippen molar-refractivity contribution in [2.45, 2.75) is 69.6 Å². The molecule has 296 valence electrons. The van der Waals surface area contributed by atoms with Crippen LogP contribution in [0.2, 0.25) is 0 Å². The first-order valence-electron chi connectivity index (χ1n) is 17.8. The van der Waals surface area contributed by atoms with Gasteiger partial charge in [0.1, 0.15) is 36.9 Å². The Morgan fingerprint density at radius 1 is 1.05 bits per heavy atom. The SMILES string of the molecule is Cc1nnc(C[C@H](C[C@H](O)CN2CCN(C(C)(C)c3ncc(-c4ccc(F)cc4)o3)C[C@H]2C(=O)NCC(F)(F)F)C(=O)N[C@H]2c3ccccc3OC[C@H]2O)o1. The van der Waals surface area contributed by atoms with E-state index in [1.807, 2.05) is 10.2 Å². The number of aromatic nitrogens is 3. The summed E-state index contributed by atoms with van der Waals surface area (Å²) in [5.74, 6) is -1.19. The number of oxazole rings is 1. The maximum atomic E-state index is 13.9. The second-order valence-corrected chi connectivity index (χ2v) is 14.3. The highest BCUT2D eigenvalue weighted by Crippen LogP contribution is 2.34. The first-order valence-corrected chi connectivity index (χ1v) is 17.8. The Bertz CT molecular complexity index is 1940. The van der Waals surface area contributed by atoms with Gasteiger partial charge in [0.2, 0.25) is 29.5 Å². The van der Waals surface area contributed by atoms with E-state index >= 15 is 0 Å². The molecule has 1 fully saturated rings. The van der Waals surface area contributed by atoms with E-state index < -0.39 is 66.1 Å². The van der Waals surface area contributed by atoms with Crippen molar-refractivity contribution in [3.05, 3.63) is 83.8 Å². The molecule has 0 bridgehead atoms. The monoisotopic (exact) mass is 773 g/mol. The number of aryl methyl sites for hydroxylation is 1. The number of hydrogen-bond acceptors (Lipinski definition) is 12. The average Bonchev–Trinajstić information content (AvgIpc) is 3.81. The highest BCUT2D eigenvalue weighted by atomic mass is 19.4. The number of nitrogens with zero attached hydrogens (tertiary/aromatic N) is 5. The van der Waals surface area contributed by atoms with Gasteiger partial charge in [-0.15, -0.1) is 10.2 Å². The Labute approximate surface area is 313 Å². The lowest BCUT2D eigenvalue weighted by atomic mass is 9.93. The van der Waals surface area contributed by atoms with Crippen LogP contribution in [0.15, 0.2) is 63.6 Å². The largest absolute Gasteiger partial charge is 0.490 e. The van der Waals surface area contributed by atoms with Crippen molar-refractivity contribution in [2.24, 2.45) is 5.92 Å². The van der Waals surface area contributed by atoms with Gasteiger partial charge in [0.25, 0.3) is 0 Å². The summed E-state index contributed by atoms with van der Waals surface area (Å²) in [4.78, 5) is 35.2. The zero-order valence-electron chi connectivity index (χ0n) is 30.4. The van der Waals surface area contributed by atoms with Crippen LogP contribution in [0.5, 0.6) is 5.75 Å². The Morgan fingerprint density at radius 3 is 2.51 bits per heavy atom. The van der Waals surface area contributed by atoms with E-state index in [9.17, 15) is 37.4 Å². The van der Waals surface area contributed by atoms with Crippen LogP contribution in [-0.2, 0) is 21.5 Å². The number of β-amino-alcohol motifs (C(OH)–C–C–N with tert-alkyl or cyclic N) is 1. The number of benzene rings is 2. The first kappa shape index (κ1) is 39.8. The van der Waals surface area contributed by atoms with Crippen LogP contribution in [-0.4, -0.2) is 111 Å². The average molecular weight is 774 g/mol. The molecule has 0 saturated carbocycles. The molecule has 2 aromatic carbocycles. The number of nitrogens with one attached hydrogen (secondary N) is 2. The number of para-hydroxylation sites is 1. The summed E-state index contributed by atoms with van der Waals surface area (Å²) in [5.41, 5.74) is 0.228.